The molecule has 208 valence electrons. The molecule has 8 nitrogen and oxygen atoms in total. The number of nitrogens with zero attached hydrogens (tertiary/aromatic N) is 4. The Morgan fingerprint density at radius 3 is 2.51 bits per heavy atom. The summed E-state index contributed by atoms with van der Waals surface area (Å²) in [5.74, 6) is -1.82. The third-order valence-corrected chi connectivity index (χ3v) is 7.06. The molecule has 0 bridgehead atoms. The predicted octanol–water partition coefficient (Wildman–Crippen LogP) is 3.80. The molecule has 2 aliphatic heterocycles. The van der Waals surface area contributed by atoms with E-state index in [2.05, 4.69) is 20.2 Å². The number of carbonyl (C=O) groups excluding carboxylic acids is 2. The highest BCUT2D eigenvalue weighted by molar-refractivity contribution is 6.30. The topological polar surface area (TPSA) is 86.6 Å². The molecule has 1 amide bonds. The van der Waals surface area contributed by atoms with Gasteiger partial charge in [-0.3, -0.25) is 19.7 Å². The van der Waals surface area contributed by atoms with Crippen LogP contribution >= 0.6 is 11.6 Å². The van der Waals surface area contributed by atoms with Crippen LogP contribution in [0.2, 0.25) is 5.02 Å². The molecule has 1 saturated heterocycles. The summed E-state index contributed by atoms with van der Waals surface area (Å²) in [5.41, 5.74) is 1.10. The lowest BCUT2D eigenvalue weighted by Crippen LogP contribution is -2.53. The molecular weight excluding hydrogens is 535 g/mol. The van der Waals surface area contributed by atoms with Crippen LogP contribution in [0.15, 0.2) is 69.7 Å². The second-order valence-corrected chi connectivity index (χ2v) is 9.67. The average molecular weight is 564 g/mol. The SMILES string of the molecule is CC[C@H](CN=C1NC(C(F)(F)F)=NC2C=CC=C(C(=O)OC)C=C12)N1CCN(C(=O)c2ccc(Cl)cc2)CC1. The van der Waals surface area contributed by atoms with Crippen LogP contribution in [-0.4, -0.2) is 91.4 Å². The molecule has 1 N–H and O–H groups in total. The number of amidine groups is 2. The first-order chi connectivity index (χ1) is 18.6. The highest BCUT2D eigenvalue weighted by Gasteiger charge is 2.41. The van der Waals surface area contributed by atoms with Crippen molar-refractivity contribution >= 4 is 35.1 Å². The lowest BCUT2D eigenvalue weighted by atomic mass is 10.0. The lowest BCUT2D eigenvalue weighted by molar-refractivity contribution is -0.135. The zero-order valence-electron chi connectivity index (χ0n) is 21.5. The predicted molar refractivity (Wildman–Crippen MR) is 143 cm³/mol. The van der Waals surface area contributed by atoms with Gasteiger partial charge in [0.2, 0.25) is 5.84 Å². The third-order valence-electron chi connectivity index (χ3n) is 6.81. The van der Waals surface area contributed by atoms with E-state index in [4.69, 9.17) is 16.3 Å². The van der Waals surface area contributed by atoms with Crippen LogP contribution in [0.3, 0.4) is 0 Å². The van der Waals surface area contributed by atoms with Crippen molar-refractivity contribution in [2.75, 3.05) is 39.8 Å². The number of ether oxygens (including phenoxy) is 1. The Kier molecular flexibility index (Phi) is 8.91. The fraction of sp³-hybridized carbons (Fsp3) is 0.407. The van der Waals surface area contributed by atoms with Gasteiger partial charge in [-0.1, -0.05) is 30.7 Å². The molecule has 1 aliphatic carbocycles. The van der Waals surface area contributed by atoms with Crippen molar-refractivity contribution < 1.29 is 27.5 Å². The quantitative estimate of drug-likeness (QED) is 0.532. The molecule has 1 unspecified atom stereocenters. The molecule has 0 saturated carbocycles. The number of benzene rings is 1. The Morgan fingerprint density at radius 2 is 1.90 bits per heavy atom. The minimum absolute atomic E-state index is 0.0127. The number of hydrogen-bond acceptors (Lipinski definition) is 6. The summed E-state index contributed by atoms with van der Waals surface area (Å²) in [6, 6.07) is 5.74. The van der Waals surface area contributed by atoms with Gasteiger partial charge in [-0.2, -0.15) is 13.2 Å². The van der Waals surface area contributed by atoms with Gasteiger partial charge in [-0.05, 0) is 42.8 Å². The molecule has 0 radical (unpaired) electrons. The first-order valence-corrected chi connectivity index (χ1v) is 12.9. The first-order valence-electron chi connectivity index (χ1n) is 12.5. The molecule has 0 aromatic heterocycles. The minimum atomic E-state index is -4.69. The van der Waals surface area contributed by atoms with Crippen LogP contribution in [-0.2, 0) is 9.53 Å². The molecule has 2 atom stereocenters. The van der Waals surface area contributed by atoms with Gasteiger partial charge in [-0.15, -0.1) is 0 Å². The van der Waals surface area contributed by atoms with Crippen molar-refractivity contribution in [2.45, 2.75) is 31.6 Å². The fourth-order valence-electron chi connectivity index (χ4n) is 4.63. The molecule has 1 aromatic carbocycles. The molecule has 1 fully saturated rings. The largest absolute Gasteiger partial charge is 0.465 e. The van der Waals surface area contributed by atoms with Gasteiger partial charge >= 0.3 is 12.1 Å². The molecule has 4 rings (SSSR count). The summed E-state index contributed by atoms with van der Waals surface area (Å²) in [4.78, 5) is 37.3. The van der Waals surface area contributed by atoms with Gasteiger partial charge in [0, 0.05) is 48.4 Å². The summed E-state index contributed by atoms with van der Waals surface area (Å²) in [6.45, 7) is 4.46. The van der Waals surface area contributed by atoms with E-state index in [-0.39, 0.29) is 29.9 Å². The molecule has 0 spiro atoms. The number of halogens is 4. The number of allylic oxidation sites excluding steroid dienone is 2. The standard InChI is InChI=1S/C27H29ClF3N5O3/c1-3-20(35-11-13-36(14-12-35)24(37)17-7-9-19(28)10-8-17)16-32-23-21-15-18(25(38)39-2)5-4-6-22(21)33-26(34-23)27(29,30)31/h4-10,15,20,22H,3,11-14,16H2,1-2H3,(H,32,33,34)/t20-,22?/m1/s1. The van der Waals surface area contributed by atoms with E-state index in [0.717, 1.165) is 0 Å². The van der Waals surface area contributed by atoms with Crippen LogP contribution in [0.5, 0.6) is 0 Å². The number of alkyl halides is 3. The summed E-state index contributed by atoms with van der Waals surface area (Å²) in [5, 5.41) is 2.90. The van der Waals surface area contributed by atoms with Crippen LogP contribution in [0, 0.1) is 0 Å². The second kappa shape index (κ2) is 12.2. The Labute approximate surface area is 229 Å². The van der Waals surface area contributed by atoms with Crippen molar-refractivity contribution in [3.63, 3.8) is 0 Å². The van der Waals surface area contributed by atoms with Crippen LogP contribution in [0.25, 0.3) is 0 Å². The summed E-state index contributed by atoms with van der Waals surface area (Å²) in [7, 11) is 1.23. The number of nitrogens with one attached hydrogen (secondary N) is 1. The van der Waals surface area contributed by atoms with Crippen LogP contribution in [0.4, 0.5) is 13.2 Å². The first kappa shape index (κ1) is 28.6. The highest BCUT2D eigenvalue weighted by atomic mass is 35.5. The fourth-order valence-corrected chi connectivity index (χ4v) is 4.76. The van der Waals surface area contributed by atoms with Gasteiger partial charge in [0.25, 0.3) is 5.91 Å². The van der Waals surface area contributed by atoms with Gasteiger partial charge in [-0.25, -0.2) is 4.79 Å². The Morgan fingerprint density at radius 1 is 1.21 bits per heavy atom. The highest BCUT2D eigenvalue weighted by Crippen LogP contribution is 2.26. The van der Waals surface area contributed by atoms with Crippen LogP contribution < -0.4 is 5.32 Å². The number of piperazine rings is 1. The minimum Gasteiger partial charge on any atom is -0.465 e. The number of amides is 1. The summed E-state index contributed by atoms with van der Waals surface area (Å²) >= 11 is 5.92. The molecule has 3 aliphatic rings. The van der Waals surface area contributed by atoms with E-state index >= 15 is 0 Å². The van der Waals surface area contributed by atoms with Gasteiger partial charge in [0.15, 0.2) is 0 Å². The van der Waals surface area contributed by atoms with Crippen molar-refractivity contribution in [3.05, 3.63) is 70.3 Å². The maximum absolute atomic E-state index is 13.6. The van der Waals surface area contributed by atoms with Crippen molar-refractivity contribution in [1.29, 1.82) is 0 Å². The van der Waals surface area contributed by atoms with E-state index in [1.807, 2.05) is 6.92 Å². The Hall–Kier alpha value is -3.44. The smallest absolute Gasteiger partial charge is 0.449 e. The van der Waals surface area contributed by atoms with E-state index in [0.29, 0.717) is 48.8 Å². The van der Waals surface area contributed by atoms with Crippen LogP contribution in [0.1, 0.15) is 23.7 Å². The normalized spacial score (nSPS) is 21.7. The van der Waals surface area contributed by atoms with Crippen molar-refractivity contribution in [1.82, 2.24) is 15.1 Å². The number of rotatable bonds is 6. The van der Waals surface area contributed by atoms with E-state index in [9.17, 15) is 22.8 Å². The number of esters is 1. The van der Waals surface area contributed by atoms with Crippen molar-refractivity contribution in [2.24, 2.45) is 9.98 Å². The van der Waals surface area contributed by atoms with Gasteiger partial charge in [0.05, 0.1) is 25.3 Å². The second-order valence-electron chi connectivity index (χ2n) is 9.23. The monoisotopic (exact) mass is 563 g/mol. The number of carbonyl (C=O) groups is 2. The number of aliphatic imine (C=N–C) groups is 2. The molecule has 12 heteroatoms. The maximum Gasteiger partial charge on any atom is 0.449 e. The zero-order chi connectivity index (χ0) is 28.2. The Balaban J connectivity index is 1.49. The average Bonchev–Trinajstić information content (AvgIpc) is 3.15. The zero-order valence-corrected chi connectivity index (χ0v) is 22.3. The summed E-state index contributed by atoms with van der Waals surface area (Å²) < 4.78 is 45.6. The third kappa shape index (κ3) is 6.77. The molecule has 39 heavy (non-hydrogen) atoms. The van der Waals surface area contributed by atoms with Gasteiger partial charge in [0.1, 0.15) is 5.84 Å². The number of fused-ring (bicyclic) bond motifs is 1. The van der Waals surface area contributed by atoms with E-state index in [1.54, 1.807) is 29.2 Å². The van der Waals surface area contributed by atoms with Crippen molar-refractivity contribution in [3.8, 4) is 0 Å². The summed E-state index contributed by atoms with van der Waals surface area (Å²) in [6.07, 6.45) is 1.91. The maximum atomic E-state index is 13.6. The van der Waals surface area contributed by atoms with E-state index in [1.165, 1.54) is 31.4 Å². The number of methoxy groups -OCH3 is 1. The molecule has 2 heterocycles. The lowest BCUT2D eigenvalue weighted by Gasteiger charge is -2.38. The molecular formula is C27H29ClF3N5O3. The molecule has 1 aromatic rings. The van der Waals surface area contributed by atoms with E-state index < -0.39 is 24.0 Å². The van der Waals surface area contributed by atoms with Gasteiger partial charge < -0.3 is 15.0 Å². The Bertz CT molecular complexity index is 1250. The number of hydrogen-bond donors (Lipinski definition) is 1.